The van der Waals surface area contributed by atoms with Crippen molar-refractivity contribution in [2.24, 2.45) is 11.8 Å². The van der Waals surface area contributed by atoms with E-state index in [1.807, 2.05) is 0 Å². The fraction of sp³-hybridized carbons (Fsp3) is 1.00. The predicted molar refractivity (Wildman–Crippen MR) is 30.9 cm³/mol. The molecule has 0 saturated heterocycles. The van der Waals surface area contributed by atoms with E-state index >= 15 is 0 Å². The zero-order valence-electron chi connectivity index (χ0n) is 5.49. The van der Waals surface area contributed by atoms with Gasteiger partial charge in [0.05, 0.1) is 26.7 Å². The topological polar surface area (TPSA) is 0 Å². The van der Waals surface area contributed by atoms with Gasteiger partial charge in [-0.2, -0.15) is 0 Å². The van der Waals surface area contributed by atoms with E-state index in [4.69, 9.17) is 0 Å². The van der Waals surface area contributed by atoms with Gasteiger partial charge in [-0.3, -0.25) is 17.6 Å². The van der Waals surface area contributed by atoms with Crippen LogP contribution in [0.15, 0.2) is 0 Å². The van der Waals surface area contributed by atoms with Crippen LogP contribution < -0.4 is 0 Å². The van der Waals surface area contributed by atoms with Gasteiger partial charge < -0.3 is 0 Å². The van der Waals surface area contributed by atoms with E-state index in [9.17, 15) is 17.6 Å². The van der Waals surface area contributed by atoms with Gasteiger partial charge in [0.2, 0.25) is 0 Å². The van der Waals surface area contributed by atoms with Crippen molar-refractivity contribution in [3.63, 3.8) is 0 Å². The molecule has 0 aliphatic rings. The summed E-state index contributed by atoms with van der Waals surface area (Å²) in [5.74, 6) is -2.20. The first kappa shape index (κ1) is 9.72. The minimum absolute atomic E-state index is 0.991. The van der Waals surface area contributed by atoms with Gasteiger partial charge in [0, 0.05) is 11.8 Å². The fourth-order valence-corrected chi connectivity index (χ4v) is 0.586. The molecule has 0 unspecified atom stereocenters. The van der Waals surface area contributed by atoms with Gasteiger partial charge in [0.15, 0.2) is 0 Å². The number of halogens is 4. The monoisotopic (exact) mass is 158 g/mol. The van der Waals surface area contributed by atoms with Crippen molar-refractivity contribution in [2.45, 2.75) is 0 Å². The second-order valence-electron chi connectivity index (χ2n) is 2.14. The summed E-state index contributed by atoms with van der Waals surface area (Å²) in [5.41, 5.74) is 0. The van der Waals surface area contributed by atoms with E-state index in [0.29, 0.717) is 0 Å². The lowest BCUT2D eigenvalue weighted by molar-refractivity contribution is 0.151. The number of alkyl halides is 4. The molecule has 0 rings (SSSR count). The molecule has 0 atom stereocenters. The van der Waals surface area contributed by atoms with E-state index in [2.05, 4.69) is 0 Å². The minimum Gasteiger partial charge on any atom is -0.251 e. The second kappa shape index (κ2) is 5.50. The van der Waals surface area contributed by atoms with Crippen LogP contribution in [0.2, 0.25) is 0 Å². The molecule has 0 aromatic rings. The zero-order valence-corrected chi connectivity index (χ0v) is 5.49. The Morgan fingerprint density at radius 2 is 0.800 bits per heavy atom. The van der Waals surface area contributed by atoms with Gasteiger partial charge >= 0.3 is 0 Å². The predicted octanol–water partition coefficient (Wildman–Crippen LogP) is 2.10. The average molecular weight is 158 g/mol. The Morgan fingerprint density at radius 3 is 0.900 bits per heavy atom. The molecule has 0 aliphatic heterocycles. The third-order valence-electron chi connectivity index (χ3n) is 1.46. The van der Waals surface area contributed by atoms with Gasteiger partial charge in [-0.1, -0.05) is 0 Å². The summed E-state index contributed by atoms with van der Waals surface area (Å²) in [6, 6.07) is 0. The van der Waals surface area contributed by atoms with Crippen LogP contribution in [0.3, 0.4) is 0 Å². The molecule has 0 nitrogen and oxygen atoms in total. The van der Waals surface area contributed by atoms with E-state index in [1.54, 1.807) is 0 Å². The Balaban J connectivity index is 3.70. The van der Waals surface area contributed by atoms with Crippen LogP contribution in [-0.2, 0) is 0 Å². The fourth-order valence-electron chi connectivity index (χ4n) is 0.586. The summed E-state index contributed by atoms with van der Waals surface area (Å²) >= 11 is 0. The van der Waals surface area contributed by atoms with Crippen LogP contribution in [0.5, 0.6) is 0 Å². The first-order valence-corrected chi connectivity index (χ1v) is 3.04. The largest absolute Gasteiger partial charge is 0.251 e. The molecule has 0 aromatic carbocycles. The quantitative estimate of drug-likeness (QED) is 0.537. The molecular formula is C6H10F4. The SMILES string of the molecule is FCC(CF)C(CF)CF. The van der Waals surface area contributed by atoms with Crippen molar-refractivity contribution in [3.05, 3.63) is 0 Å². The minimum atomic E-state index is -1.10. The average Bonchev–Trinajstić information content (AvgIpc) is 2.00. The highest BCUT2D eigenvalue weighted by molar-refractivity contribution is 4.67. The number of hydrogen-bond acceptors (Lipinski definition) is 0. The third kappa shape index (κ3) is 2.54. The normalized spacial score (nSPS) is 11.4. The third-order valence-corrected chi connectivity index (χ3v) is 1.46. The van der Waals surface area contributed by atoms with Crippen molar-refractivity contribution in [3.8, 4) is 0 Å². The lowest BCUT2D eigenvalue weighted by Gasteiger charge is -2.14. The molecule has 0 aromatic heterocycles. The maximum Gasteiger partial charge on any atom is 0.0952 e. The first-order valence-electron chi connectivity index (χ1n) is 3.04. The molecule has 0 heterocycles. The van der Waals surface area contributed by atoms with Gasteiger partial charge in [-0.15, -0.1) is 0 Å². The van der Waals surface area contributed by atoms with E-state index < -0.39 is 38.5 Å². The highest BCUT2D eigenvalue weighted by atomic mass is 19.1. The van der Waals surface area contributed by atoms with Crippen LogP contribution in [0.25, 0.3) is 0 Å². The summed E-state index contributed by atoms with van der Waals surface area (Å²) in [4.78, 5) is 0. The zero-order chi connectivity index (χ0) is 7.98. The Morgan fingerprint density at radius 1 is 0.600 bits per heavy atom. The van der Waals surface area contributed by atoms with Crippen molar-refractivity contribution in [2.75, 3.05) is 26.7 Å². The van der Waals surface area contributed by atoms with E-state index in [-0.39, 0.29) is 0 Å². The Bertz CT molecular complexity index is 58.1. The highest BCUT2D eigenvalue weighted by Gasteiger charge is 2.21. The second-order valence-corrected chi connectivity index (χ2v) is 2.14. The standard InChI is InChI=1S/C6H10F4/c7-1-5(2-8)6(3-9)4-10/h5-6H,1-4H2. The smallest absolute Gasteiger partial charge is 0.0952 e. The molecule has 0 aliphatic carbocycles. The van der Waals surface area contributed by atoms with Crippen molar-refractivity contribution >= 4 is 0 Å². The van der Waals surface area contributed by atoms with Crippen LogP contribution >= 0.6 is 0 Å². The first-order chi connectivity index (χ1) is 4.79. The molecule has 0 saturated carbocycles. The Labute approximate surface area is 57.2 Å². The van der Waals surface area contributed by atoms with E-state index in [0.717, 1.165) is 0 Å². The maximum absolute atomic E-state index is 11.7. The molecule has 0 amide bonds. The lowest BCUT2D eigenvalue weighted by Crippen LogP contribution is -2.22. The van der Waals surface area contributed by atoms with Crippen molar-refractivity contribution in [1.82, 2.24) is 0 Å². The highest BCUT2D eigenvalue weighted by Crippen LogP contribution is 2.14. The molecule has 0 radical (unpaired) electrons. The number of rotatable bonds is 5. The van der Waals surface area contributed by atoms with Gasteiger partial charge in [0.1, 0.15) is 0 Å². The van der Waals surface area contributed by atoms with E-state index in [1.165, 1.54) is 0 Å². The number of hydrogen-bond donors (Lipinski definition) is 0. The summed E-state index contributed by atoms with van der Waals surface area (Å²) < 4.78 is 46.8. The summed E-state index contributed by atoms with van der Waals surface area (Å²) in [7, 11) is 0. The van der Waals surface area contributed by atoms with Gasteiger partial charge in [-0.25, -0.2) is 0 Å². The molecule has 0 fully saturated rings. The van der Waals surface area contributed by atoms with Crippen molar-refractivity contribution < 1.29 is 17.6 Å². The molecule has 62 valence electrons. The summed E-state index contributed by atoms with van der Waals surface area (Å²) in [5, 5.41) is 0. The molecule has 0 bridgehead atoms. The van der Waals surface area contributed by atoms with Crippen LogP contribution in [0.1, 0.15) is 0 Å². The Kier molecular flexibility index (Phi) is 5.35. The van der Waals surface area contributed by atoms with Crippen LogP contribution in [0.4, 0.5) is 17.6 Å². The molecule has 10 heavy (non-hydrogen) atoms. The summed E-state index contributed by atoms with van der Waals surface area (Å²) in [6.07, 6.45) is 0. The molecule has 0 N–H and O–H groups in total. The Hall–Kier alpha value is -0.280. The molecule has 4 heteroatoms. The van der Waals surface area contributed by atoms with Crippen LogP contribution in [0, 0.1) is 11.8 Å². The van der Waals surface area contributed by atoms with Crippen LogP contribution in [-0.4, -0.2) is 26.7 Å². The molecular weight excluding hydrogens is 148 g/mol. The lowest BCUT2D eigenvalue weighted by atomic mass is 9.97. The molecule has 0 spiro atoms. The maximum atomic E-state index is 11.7. The summed E-state index contributed by atoms with van der Waals surface area (Å²) in [6.45, 7) is -3.96. The van der Waals surface area contributed by atoms with Crippen molar-refractivity contribution in [1.29, 1.82) is 0 Å². The van der Waals surface area contributed by atoms with Gasteiger partial charge in [-0.05, 0) is 0 Å². The van der Waals surface area contributed by atoms with Gasteiger partial charge in [0.25, 0.3) is 0 Å².